The highest BCUT2D eigenvalue weighted by atomic mass is 19.2. The van der Waals surface area contributed by atoms with E-state index in [4.69, 9.17) is 14.7 Å². The molecule has 0 bridgehead atoms. The molecule has 236 valence electrons. The third-order valence-electron chi connectivity index (χ3n) is 8.57. The zero-order valence-electron chi connectivity index (χ0n) is 25.2. The summed E-state index contributed by atoms with van der Waals surface area (Å²) >= 11 is 0. The van der Waals surface area contributed by atoms with E-state index in [0.29, 0.717) is 17.8 Å². The summed E-state index contributed by atoms with van der Waals surface area (Å²) in [6, 6.07) is 15.9. The molecule has 2 aliphatic rings. The zero-order valence-corrected chi connectivity index (χ0v) is 25.2. The first-order valence-corrected chi connectivity index (χ1v) is 15.3. The summed E-state index contributed by atoms with van der Waals surface area (Å²) in [6.45, 7) is 4.49. The van der Waals surface area contributed by atoms with Gasteiger partial charge in [-0.3, -0.25) is 14.7 Å². The SMILES string of the molecule is CN1CCN(c2ccc(Nc3nc(-c4ccc(F)c(F)c4-c4cccc([N+](=O)[O-])c4)c4ncn(C5CCCCO5)c4n3)cc2)CC1. The summed E-state index contributed by atoms with van der Waals surface area (Å²) in [4.78, 5) is 29.8. The lowest BCUT2D eigenvalue weighted by atomic mass is 9.95. The standard InChI is InChI=1S/C33H32F2N8O3/c1-40-14-16-41(17-15-40)23-10-8-22(9-11-23)37-33-38-30(31-32(39-33)42(20-36-31)27-7-2-3-18-46-27)25-12-13-26(34)29(35)28(25)21-5-4-6-24(19-21)43(44)45/h4-6,8-13,19-20,27H,2-3,7,14-18H2,1H3,(H,37,38,39). The van der Waals surface area contributed by atoms with Crippen LogP contribution in [0.3, 0.4) is 0 Å². The molecule has 46 heavy (non-hydrogen) atoms. The van der Waals surface area contributed by atoms with Gasteiger partial charge in [0.05, 0.1) is 11.3 Å². The minimum atomic E-state index is -1.14. The number of nitrogens with zero attached hydrogens (tertiary/aromatic N) is 7. The normalized spacial score (nSPS) is 17.4. The van der Waals surface area contributed by atoms with Crippen LogP contribution in [0.5, 0.6) is 0 Å². The van der Waals surface area contributed by atoms with E-state index in [2.05, 4.69) is 27.1 Å². The number of hydrogen-bond acceptors (Lipinski definition) is 9. The Morgan fingerprint density at radius 1 is 1.00 bits per heavy atom. The van der Waals surface area contributed by atoms with Gasteiger partial charge in [-0.05, 0) is 68.3 Å². The van der Waals surface area contributed by atoms with E-state index in [0.717, 1.165) is 62.9 Å². The highest BCUT2D eigenvalue weighted by Crippen LogP contribution is 2.39. The summed E-state index contributed by atoms with van der Waals surface area (Å²) < 4.78 is 38.3. The molecule has 7 rings (SSSR count). The fraction of sp³-hybridized carbons (Fsp3) is 0.303. The van der Waals surface area contributed by atoms with Crippen LogP contribution in [0.15, 0.2) is 67.0 Å². The fourth-order valence-corrected chi connectivity index (χ4v) is 6.07. The van der Waals surface area contributed by atoms with E-state index in [1.165, 1.54) is 30.3 Å². The van der Waals surface area contributed by atoms with Crippen molar-refractivity contribution in [3.05, 3.63) is 88.7 Å². The minimum Gasteiger partial charge on any atom is -0.369 e. The number of non-ortho nitro benzene ring substituents is 1. The lowest BCUT2D eigenvalue weighted by molar-refractivity contribution is -0.384. The van der Waals surface area contributed by atoms with Crippen LogP contribution in [0, 0.1) is 21.7 Å². The van der Waals surface area contributed by atoms with E-state index >= 15 is 4.39 Å². The molecule has 1 unspecified atom stereocenters. The van der Waals surface area contributed by atoms with Crippen molar-refractivity contribution in [2.45, 2.75) is 25.5 Å². The van der Waals surface area contributed by atoms with Crippen LogP contribution in [-0.4, -0.2) is 69.2 Å². The van der Waals surface area contributed by atoms with Crippen molar-refractivity contribution in [2.75, 3.05) is 50.1 Å². The van der Waals surface area contributed by atoms with Gasteiger partial charge in [0, 0.05) is 67.4 Å². The Balaban J connectivity index is 1.34. The molecule has 0 saturated carbocycles. The molecule has 1 N–H and O–H groups in total. The number of aromatic nitrogens is 4. The Hall–Kier alpha value is -5.01. The number of halogens is 2. The number of anilines is 3. The van der Waals surface area contributed by atoms with Crippen molar-refractivity contribution in [2.24, 2.45) is 0 Å². The Labute approximate surface area is 263 Å². The smallest absolute Gasteiger partial charge is 0.270 e. The summed E-state index contributed by atoms with van der Waals surface area (Å²) in [5, 5.41) is 14.8. The van der Waals surface area contributed by atoms with Crippen LogP contribution >= 0.6 is 0 Å². The Kier molecular flexibility index (Phi) is 8.01. The average Bonchev–Trinajstić information content (AvgIpc) is 3.51. The van der Waals surface area contributed by atoms with Crippen LogP contribution in [0.1, 0.15) is 25.5 Å². The number of nitro groups is 1. The summed E-state index contributed by atoms with van der Waals surface area (Å²) in [6.07, 6.45) is 4.04. The third-order valence-corrected chi connectivity index (χ3v) is 8.57. The maximum absolute atomic E-state index is 15.7. The number of nitro benzene ring substituents is 1. The first-order chi connectivity index (χ1) is 22.4. The molecule has 2 aromatic heterocycles. The number of hydrogen-bond donors (Lipinski definition) is 1. The molecule has 2 saturated heterocycles. The Bertz CT molecular complexity index is 1900. The van der Waals surface area contributed by atoms with Crippen LogP contribution < -0.4 is 10.2 Å². The van der Waals surface area contributed by atoms with Gasteiger partial charge in [0.25, 0.3) is 5.69 Å². The molecule has 13 heteroatoms. The molecule has 3 aromatic carbocycles. The quantitative estimate of drug-likeness (QED) is 0.159. The van der Waals surface area contributed by atoms with E-state index in [1.54, 1.807) is 6.33 Å². The van der Waals surface area contributed by atoms with Gasteiger partial charge < -0.3 is 19.9 Å². The fourth-order valence-electron chi connectivity index (χ4n) is 6.07. The van der Waals surface area contributed by atoms with E-state index < -0.39 is 16.6 Å². The van der Waals surface area contributed by atoms with Crippen molar-refractivity contribution in [3.63, 3.8) is 0 Å². The lowest BCUT2D eigenvalue weighted by Crippen LogP contribution is -2.44. The van der Waals surface area contributed by atoms with Crippen LogP contribution in [0.4, 0.5) is 31.8 Å². The second kappa shape index (κ2) is 12.4. The molecule has 2 aliphatic heterocycles. The van der Waals surface area contributed by atoms with Crippen molar-refractivity contribution in [1.29, 1.82) is 0 Å². The monoisotopic (exact) mass is 626 g/mol. The highest BCUT2D eigenvalue weighted by Gasteiger charge is 2.26. The largest absolute Gasteiger partial charge is 0.369 e. The molecule has 1 atom stereocenters. The number of rotatable bonds is 7. The van der Waals surface area contributed by atoms with Gasteiger partial charge in [-0.2, -0.15) is 4.98 Å². The lowest BCUT2D eigenvalue weighted by Gasteiger charge is -2.34. The van der Waals surface area contributed by atoms with E-state index in [1.807, 2.05) is 28.8 Å². The second-order valence-corrected chi connectivity index (χ2v) is 11.6. The molecule has 0 spiro atoms. The van der Waals surface area contributed by atoms with E-state index in [9.17, 15) is 14.5 Å². The van der Waals surface area contributed by atoms with Crippen LogP contribution in [0.2, 0.25) is 0 Å². The first kappa shape index (κ1) is 29.7. The maximum atomic E-state index is 15.7. The van der Waals surface area contributed by atoms with Gasteiger partial charge in [0.1, 0.15) is 17.4 Å². The predicted octanol–water partition coefficient (Wildman–Crippen LogP) is 6.54. The number of likely N-dealkylation sites (N-methyl/N-ethyl adjacent to an activating group) is 1. The number of imidazole rings is 1. The average molecular weight is 627 g/mol. The molecular formula is C33H32F2N8O3. The van der Waals surface area contributed by atoms with Gasteiger partial charge in [-0.1, -0.05) is 12.1 Å². The van der Waals surface area contributed by atoms with Crippen LogP contribution in [0.25, 0.3) is 33.5 Å². The molecule has 2 fully saturated rings. The summed E-state index contributed by atoms with van der Waals surface area (Å²) in [5.41, 5.74) is 2.88. The van der Waals surface area contributed by atoms with Crippen LogP contribution in [-0.2, 0) is 4.74 Å². The molecule has 5 aromatic rings. The second-order valence-electron chi connectivity index (χ2n) is 11.6. The molecular weight excluding hydrogens is 594 g/mol. The van der Waals surface area contributed by atoms with Gasteiger partial charge >= 0.3 is 0 Å². The number of fused-ring (bicyclic) bond motifs is 1. The topological polar surface area (TPSA) is 114 Å². The Morgan fingerprint density at radius 2 is 1.80 bits per heavy atom. The maximum Gasteiger partial charge on any atom is 0.270 e. The minimum absolute atomic E-state index is 0.136. The Morgan fingerprint density at radius 3 is 2.54 bits per heavy atom. The van der Waals surface area contributed by atoms with Gasteiger partial charge in [0.15, 0.2) is 17.3 Å². The zero-order chi connectivity index (χ0) is 31.8. The van der Waals surface area contributed by atoms with Gasteiger partial charge in [-0.25, -0.2) is 18.7 Å². The van der Waals surface area contributed by atoms with Crippen molar-refractivity contribution < 1.29 is 18.4 Å². The highest BCUT2D eigenvalue weighted by molar-refractivity contribution is 5.95. The van der Waals surface area contributed by atoms with Gasteiger partial charge in [0.2, 0.25) is 5.95 Å². The summed E-state index contributed by atoms with van der Waals surface area (Å²) in [7, 11) is 2.12. The third kappa shape index (κ3) is 5.74. The predicted molar refractivity (Wildman–Crippen MR) is 171 cm³/mol. The van der Waals surface area contributed by atoms with Crippen molar-refractivity contribution in [1.82, 2.24) is 24.4 Å². The molecule has 0 aliphatic carbocycles. The molecule has 0 radical (unpaired) electrons. The van der Waals surface area contributed by atoms with Crippen molar-refractivity contribution in [3.8, 4) is 22.4 Å². The molecule has 4 heterocycles. The number of benzene rings is 3. The molecule has 0 amide bonds. The van der Waals surface area contributed by atoms with Gasteiger partial charge in [-0.15, -0.1) is 0 Å². The number of piperazine rings is 1. The summed E-state index contributed by atoms with van der Waals surface area (Å²) in [5.74, 6) is -2.01. The molecule has 11 nitrogen and oxygen atoms in total. The number of nitrogens with one attached hydrogen (secondary N) is 1. The van der Waals surface area contributed by atoms with Crippen molar-refractivity contribution >= 4 is 34.2 Å². The van der Waals surface area contributed by atoms with E-state index in [-0.39, 0.29) is 40.2 Å². The number of ether oxygens (including phenoxy) is 1. The first-order valence-electron chi connectivity index (χ1n) is 15.3.